The number of benzene rings is 1. The predicted molar refractivity (Wildman–Crippen MR) is 73.5 cm³/mol. The highest BCUT2D eigenvalue weighted by atomic mass is 79.9. The second-order valence-corrected chi connectivity index (χ2v) is 5.20. The summed E-state index contributed by atoms with van der Waals surface area (Å²) in [7, 11) is 3.35. The van der Waals surface area contributed by atoms with E-state index in [0.717, 1.165) is 28.6 Å². The van der Waals surface area contributed by atoms with E-state index in [-0.39, 0.29) is 5.54 Å². The van der Waals surface area contributed by atoms with Gasteiger partial charge in [-0.1, -0.05) is 22.9 Å². The van der Waals surface area contributed by atoms with E-state index in [4.69, 9.17) is 15.2 Å². The number of rotatable bonds is 6. The van der Waals surface area contributed by atoms with Gasteiger partial charge in [0.05, 0.1) is 13.7 Å². The molecule has 1 unspecified atom stereocenters. The van der Waals surface area contributed by atoms with Crippen LogP contribution in [0, 0.1) is 0 Å². The van der Waals surface area contributed by atoms with E-state index >= 15 is 0 Å². The van der Waals surface area contributed by atoms with Crippen molar-refractivity contribution in [1.82, 2.24) is 0 Å². The van der Waals surface area contributed by atoms with Gasteiger partial charge >= 0.3 is 0 Å². The number of ether oxygens (including phenoxy) is 2. The van der Waals surface area contributed by atoms with E-state index in [1.807, 2.05) is 18.2 Å². The summed E-state index contributed by atoms with van der Waals surface area (Å²) in [4.78, 5) is 0. The average Bonchev–Trinajstić information content (AvgIpc) is 2.29. The van der Waals surface area contributed by atoms with E-state index in [2.05, 4.69) is 22.9 Å². The van der Waals surface area contributed by atoms with Crippen molar-refractivity contribution >= 4 is 15.9 Å². The fourth-order valence-electron chi connectivity index (χ4n) is 1.83. The van der Waals surface area contributed by atoms with Crippen LogP contribution in [-0.2, 0) is 11.2 Å². The van der Waals surface area contributed by atoms with Crippen LogP contribution in [0.2, 0.25) is 0 Å². The summed E-state index contributed by atoms with van der Waals surface area (Å²) in [5.41, 5.74) is 7.07. The molecule has 0 aromatic heterocycles. The minimum absolute atomic E-state index is 0.344. The number of halogens is 1. The third kappa shape index (κ3) is 3.98. The third-order valence-corrected chi connectivity index (χ3v) is 3.41. The van der Waals surface area contributed by atoms with Crippen LogP contribution in [0.4, 0.5) is 0 Å². The Labute approximate surface area is 111 Å². The Morgan fingerprint density at radius 3 is 2.59 bits per heavy atom. The zero-order chi connectivity index (χ0) is 12.9. The molecule has 0 bridgehead atoms. The molecule has 0 aliphatic heterocycles. The van der Waals surface area contributed by atoms with Crippen molar-refractivity contribution in [3.05, 3.63) is 28.2 Å². The number of nitrogens with two attached hydrogens (primary N) is 1. The minimum atomic E-state index is -0.344. The number of hydrogen-bond donors (Lipinski definition) is 1. The molecular weight excluding hydrogens is 282 g/mol. The van der Waals surface area contributed by atoms with Gasteiger partial charge in [-0.15, -0.1) is 0 Å². The van der Waals surface area contributed by atoms with Crippen molar-refractivity contribution in [3.63, 3.8) is 0 Å². The van der Waals surface area contributed by atoms with Crippen molar-refractivity contribution < 1.29 is 9.47 Å². The van der Waals surface area contributed by atoms with Gasteiger partial charge in [0.2, 0.25) is 0 Å². The summed E-state index contributed by atoms with van der Waals surface area (Å²) in [5.74, 6) is 0.868. The molecule has 1 aromatic rings. The maximum Gasteiger partial charge on any atom is 0.122 e. The maximum absolute atomic E-state index is 6.32. The fraction of sp³-hybridized carbons (Fsp3) is 0.538. The molecule has 1 atom stereocenters. The highest BCUT2D eigenvalue weighted by Crippen LogP contribution is 2.27. The molecule has 0 fully saturated rings. The van der Waals surface area contributed by atoms with Gasteiger partial charge in [-0.05, 0) is 36.6 Å². The Hall–Kier alpha value is -0.580. The molecular formula is C13H20BrNO2. The summed E-state index contributed by atoms with van der Waals surface area (Å²) < 4.78 is 11.6. The van der Waals surface area contributed by atoms with E-state index in [1.54, 1.807) is 14.2 Å². The quantitative estimate of drug-likeness (QED) is 0.879. The molecule has 0 saturated heterocycles. The molecule has 0 heterocycles. The molecule has 0 spiro atoms. The first kappa shape index (κ1) is 14.5. The molecule has 0 radical (unpaired) electrons. The van der Waals surface area contributed by atoms with Crippen molar-refractivity contribution in [2.75, 3.05) is 20.8 Å². The Morgan fingerprint density at radius 1 is 1.35 bits per heavy atom. The van der Waals surface area contributed by atoms with Crippen LogP contribution >= 0.6 is 15.9 Å². The first-order chi connectivity index (χ1) is 8.04. The summed E-state index contributed by atoms with van der Waals surface area (Å²) in [6.07, 6.45) is 1.59. The van der Waals surface area contributed by atoms with Gasteiger partial charge in [-0.25, -0.2) is 0 Å². The van der Waals surface area contributed by atoms with Gasteiger partial charge in [0, 0.05) is 17.1 Å². The SMILES string of the molecule is CCC(N)(COC)Cc1cc(Br)ccc1OC. The maximum atomic E-state index is 6.32. The van der Waals surface area contributed by atoms with Crippen molar-refractivity contribution in [2.45, 2.75) is 25.3 Å². The zero-order valence-corrected chi connectivity index (χ0v) is 12.2. The fourth-order valence-corrected chi connectivity index (χ4v) is 2.24. The summed E-state index contributed by atoms with van der Waals surface area (Å²) in [6.45, 7) is 2.61. The Balaban J connectivity index is 2.95. The lowest BCUT2D eigenvalue weighted by Gasteiger charge is -2.28. The normalized spacial score (nSPS) is 14.4. The minimum Gasteiger partial charge on any atom is -0.496 e. The molecule has 1 rings (SSSR count). The molecule has 0 aliphatic rings. The zero-order valence-electron chi connectivity index (χ0n) is 10.6. The van der Waals surface area contributed by atoms with Crippen molar-refractivity contribution in [2.24, 2.45) is 5.73 Å². The lowest BCUT2D eigenvalue weighted by atomic mass is 9.89. The van der Waals surface area contributed by atoms with E-state index in [0.29, 0.717) is 6.61 Å². The topological polar surface area (TPSA) is 44.5 Å². The molecule has 2 N–H and O–H groups in total. The highest BCUT2D eigenvalue weighted by molar-refractivity contribution is 9.10. The largest absolute Gasteiger partial charge is 0.496 e. The lowest BCUT2D eigenvalue weighted by Crippen LogP contribution is -2.45. The third-order valence-electron chi connectivity index (χ3n) is 2.92. The van der Waals surface area contributed by atoms with Crippen LogP contribution in [0.1, 0.15) is 18.9 Å². The number of methoxy groups -OCH3 is 2. The molecule has 17 heavy (non-hydrogen) atoms. The second kappa shape index (κ2) is 6.38. The van der Waals surface area contributed by atoms with Crippen LogP contribution in [0.3, 0.4) is 0 Å². The van der Waals surface area contributed by atoms with Crippen molar-refractivity contribution in [1.29, 1.82) is 0 Å². The van der Waals surface area contributed by atoms with Crippen LogP contribution in [0.25, 0.3) is 0 Å². The van der Waals surface area contributed by atoms with Gasteiger partial charge < -0.3 is 15.2 Å². The molecule has 3 nitrogen and oxygen atoms in total. The highest BCUT2D eigenvalue weighted by Gasteiger charge is 2.24. The molecule has 0 aliphatic carbocycles. The predicted octanol–water partition coefficient (Wildman–Crippen LogP) is 2.75. The van der Waals surface area contributed by atoms with Gasteiger partial charge in [-0.2, -0.15) is 0 Å². The Morgan fingerprint density at radius 2 is 2.06 bits per heavy atom. The Bertz CT molecular complexity index is 370. The molecule has 0 amide bonds. The summed E-state index contributed by atoms with van der Waals surface area (Å²) in [5, 5.41) is 0. The molecule has 1 aromatic carbocycles. The van der Waals surface area contributed by atoms with Gasteiger partial charge in [0.25, 0.3) is 0 Å². The van der Waals surface area contributed by atoms with E-state index < -0.39 is 0 Å². The summed E-state index contributed by atoms with van der Waals surface area (Å²) >= 11 is 3.47. The monoisotopic (exact) mass is 301 g/mol. The van der Waals surface area contributed by atoms with Gasteiger partial charge in [0.1, 0.15) is 5.75 Å². The van der Waals surface area contributed by atoms with Crippen molar-refractivity contribution in [3.8, 4) is 5.75 Å². The average molecular weight is 302 g/mol. The van der Waals surface area contributed by atoms with Crippen LogP contribution in [-0.4, -0.2) is 26.4 Å². The van der Waals surface area contributed by atoms with Crippen LogP contribution in [0.15, 0.2) is 22.7 Å². The Kier molecular flexibility index (Phi) is 5.43. The smallest absolute Gasteiger partial charge is 0.122 e. The second-order valence-electron chi connectivity index (χ2n) is 4.28. The van der Waals surface area contributed by atoms with E-state index in [1.165, 1.54) is 0 Å². The number of hydrogen-bond acceptors (Lipinski definition) is 3. The molecule has 0 saturated carbocycles. The van der Waals surface area contributed by atoms with Crippen LogP contribution in [0.5, 0.6) is 5.75 Å². The van der Waals surface area contributed by atoms with Crippen LogP contribution < -0.4 is 10.5 Å². The standard InChI is InChI=1S/C13H20BrNO2/c1-4-13(15,9-16-2)8-10-7-11(14)5-6-12(10)17-3/h5-7H,4,8-9,15H2,1-3H3. The molecule has 96 valence electrons. The first-order valence-corrected chi connectivity index (χ1v) is 6.44. The van der Waals surface area contributed by atoms with Gasteiger partial charge in [0.15, 0.2) is 0 Å². The molecule has 4 heteroatoms. The first-order valence-electron chi connectivity index (χ1n) is 5.65. The van der Waals surface area contributed by atoms with E-state index in [9.17, 15) is 0 Å². The summed E-state index contributed by atoms with van der Waals surface area (Å²) in [6, 6.07) is 5.96. The van der Waals surface area contributed by atoms with Gasteiger partial charge in [-0.3, -0.25) is 0 Å². The lowest BCUT2D eigenvalue weighted by molar-refractivity contribution is 0.129.